The molecule has 2 N–H and O–H groups in total. The summed E-state index contributed by atoms with van der Waals surface area (Å²) in [5, 5.41) is 6.03. The first-order valence-corrected chi connectivity index (χ1v) is 8.77. The lowest BCUT2D eigenvalue weighted by Crippen LogP contribution is -2.41. The maximum Gasteiger partial charge on any atom is 0.259 e. The van der Waals surface area contributed by atoms with E-state index in [9.17, 15) is 9.18 Å². The SMILES string of the molecule is CN(C[C@@H]1C[C@H](F)CN1Cc1cccs1)C(=O)c1cnn(C)c1N. The van der Waals surface area contributed by atoms with E-state index in [2.05, 4.69) is 16.1 Å². The predicted octanol–water partition coefficient (Wildman–Crippen LogP) is 1.75. The van der Waals surface area contributed by atoms with Crippen LogP contribution in [-0.2, 0) is 13.6 Å². The average Bonchev–Trinajstić information content (AvgIpc) is 3.24. The second-order valence-electron chi connectivity index (χ2n) is 6.25. The van der Waals surface area contributed by atoms with Gasteiger partial charge < -0.3 is 10.6 Å². The third kappa shape index (κ3) is 3.44. The van der Waals surface area contributed by atoms with E-state index in [1.165, 1.54) is 15.8 Å². The van der Waals surface area contributed by atoms with Gasteiger partial charge in [-0.2, -0.15) is 5.10 Å². The van der Waals surface area contributed by atoms with E-state index >= 15 is 0 Å². The van der Waals surface area contributed by atoms with Gasteiger partial charge in [0.25, 0.3) is 5.91 Å². The summed E-state index contributed by atoms with van der Waals surface area (Å²) in [6, 6.07) is 4.06. The van der Waals surface area contributed by atoms with Gasteiger partial charge in [-0.05, 0) is 17.9 Å². The number of likely N-dealkylation sites (tertiary alicyclic amines) is 1. The normalized spacial score (nSPS) is 21.3. The summed E-state index contributed by atoms with van der Waals surface area (Å²) < 4.78 is 15.4. The Balaban J connectivity index is 1.66. The highest BCUT2D eigenvalue weighted by Crippen LogP contribution is 2.25. The number of carbonyl (C=O) groups is 1. The number of thiophene rings is 1. The summed E-state index contributed by atoms with van der Waals surface area (Å²) in [6.07, 6.45) is 1.08. The molecule has 1 fully saturated rings. The zero-order valence-corrected chi connectivity index (χ0v) is 14.7. The minimum absolute atomic E-state index is 0.00828. The van der Waals surface area contributed by atoms with Gasteiger partial charge >= 0.3 is 0 Å². The molecule has 3 rings (SSSR count). The molecule has 1 aliphatic heterocycles. The van der Waals surface area contributed by atoms with Crippen molar-refractivity contribution in [3.63, 3.8) is 0 Å². The molecule has 130 valence electrons. The van der Waals surface area contributed by atoms with Crippen molar-refractivity contribution >= 4 is 23.1 Å². The van der Waals surface area contributed by atoms with Crippen LogP contribution >= 0.6 is 11.3 Å². The van der Waals surface area contributed by atoms with E-state index in [0.717, 1.165) is 6.54 Å². The van der Waals surface area contributed by atoms with Crippen molar-refractivity contribution in [2.75, 3.05) is 25.9 Å². The molecule has 1 amide bonds. The van der Waals surface area contributed by atoms with E-state index in [0.29, 0.717) is 30.9 Å². The molecule has 0 bridgehead atoms. The van der Waals surface area contributed by atoms with Crippen LogP contribution in [0, 0.1) is 0 Å². The van der Waals surface area contributed by atoms with Gasteiger partial charge in [-0.1, -0.05) is 6.07 Å². The minimum atomic E-state index is -0.845. The van der Waals surface area contributed by atoms with Gasteiger partial charge in [-0.25, -0.2) is 4.39 Å². The van der Waals surface area contributed by atoms with E-state index in [1.807, 2.05) is 11.4 Å². The number of likely N-dealkylation sites (N-methyl/N-ethyl adjacent to an activating group) is 1. The van der Waals surface area contributed by atoms with E-state index in [4.69, 9.17) is 5.73 Å². The number of alkyl halides is 1. The molecule has 24 heavy (non-hydrogen) atoms. The van der Waals surface area contributed by atoms with Crippen molar-refractivity contribution in [3.05, 3.63) is 34.2 Å². The molecule has 1 saturated heterocycles. The van der Waals surface area contributed by atoms with Crippen LogP contribution in [0.2, 0.25) is 0 Å². The summed E-state index contributed by atoms with van der Waals surface area (Å²) in [5.74, 6) is 0.163. The molecule has 3 heterocycles. The van der Waals surface area contributed by atoms with Crippen LogP contribution in [0.1, 0.15) is 21.7 Å². The molecule has 0 aliphatic carbocycles. The van der Waals surface area contributed by atoms with Crippen molar-refractivity contribution in [2.45, 2.75) is 25.2 Å². The number of nitrogens with two attached hydrogens (primary N) is 1. The highest BCUT2D eigenvalue weighted by atomic mass is 32.1. The van der Waals surface area contributed by atoms with Crippen molar-refractivity contribution in [1.82, 2.24) is 19.6 Å². The van der Waals surface area contributed by atoms with Crippen LogP contribution in [0.3, 0.4) is 0 Å². The molecule has 2 atom stereocenters. The molecule has 1 aliphatic rings. The molecule has 2 aromatic heterocycles. The van der Waals surface area contributed by atoms with Crippen molar-refractivity contribution in [3.8, 4) is 0 Å². The Morgan fingerprint density at radius 1 is 1.58 bits per heavy atom. The lowest BCUT2D eigenvalue weighted by molar-refractivity contribution is 0.0751. The molecular formula is C16H22FN5OS. The second-order valence-corrected chi connectivity index (χ2v) is 7.28. The highest BCUT2D eigenvalue weighted by Gasteiger charge is 2.34. The second kappa shape index (κ2) is 6.90. The van der Waals surface area contributed by atoms with Crippen LogP contribution in [0.4, 0.5) is 10.2 Å². The first-order valence-electron chi connectivity index (χ1n) is 7.89. The number of anilines is 1. The topological polar surface area (TPSA) is 67.4 Å². The molecule has 6 nitrogen and oxygen atoms in total. The van der Waals surface area contributed by atoms with Gasteiger partial charge in [-0.15, -0.1) is 11.3 Å². The van der Waals surface area contributed by atoms with E-state index < -0.39 is 6.17 Å². The number of halogens is 1. The number of hydrogen-bond donors (Lipinski definition) is 1. The molecule has 0 spiro atoms. The Kier molecular flexibility index (Phi) is 4.86. The predicted molar refractivity (Wildman–Crippen MR) is 92.6 cm³/mol. The fourth-order valence-electron chi connectivity index (χ4n) is 3.13. The third-order valence-corrected chi connectivity index (χ3v) is 5.32. The number of nitrogen functional groups attached to an aromatic ring is 1. The van der Waals surface area contributed by atoms with Crippen LogP contribution in [0.15, 0.2) is 23.7 Å². The Hall–Kier alpha value is -1.93. The number of aromatic nitrogens is 2. The van der Waals surface area contributed by atoms with Crippen molar-refractivity contribution < 1.29 is 9.18 Å². The Bertz CT molecular complexity index is 701. The highest BCUT2D eigenvalue weighted by molar-refractivity contribution is 7.09. The molecule has 0 saturated carbocycles. The fraction of sp³-hybridized carbons (Fsp3) is 0.500. The molecule has 0 aromatic carbocycles. The molecule has 0 radical (unpaired) electrons. The molecule has 2 aromatic rings. The number of aryl methyl sites for hydroxylation is 1. The van der Waals surface area contributed by atoms with Crippen LogP contribution in [0.25, 0.3) is 0 Å². The molecule has 0 unspecified atom stereocenters. The van der Waals surface area contributed by atoms with Gasteiger partial charge in [0, 0.05) is 44.6 Å². The largest absolute Gasteiger partial charge is 0.383 e. The Morgan fingerprint density at radius 3 is 3.00 bits per heavy atom. The monoisotopic (exact) mass is 351 g/mol. The van der Waals surface area contributed by atoms with Crippen LogP contribution < -0.4 is 5.73 Å². The number of nitrogens with zero attached hydrogens (tertiary/aromatic N) is 4. The zero-order valence-electron chi connectivity index (χ0n) is 13.9. The van der Waals surface area contributed by atoms with Crippen LogP contribution in [-0.4, -0.2) is 57.8 Å². The summed E-state index contributed by atoms with van der Waals surface area (Å²) in [6.45, 7) is 1.61. The standard InChI is InChI=1S/C16H22FN5OS/c1-20(16(23)14-7-19-21(2)15(14)18)9-12-6-11(17)8-22(12)10-13-4-3-5-24-13/h3-5,7,11-12H,6,8-10,18H2,1-2H3/t11-,12-/m0/s1. The van der Waals surface area contributed by atoms with Gasteiger partial charge in [0.2, 0.25) is 0 Å². The Labute approximate surface area is 144 Å². The first-order chi connectivity index (χ1) is 11.5. The van der Waals surface area contributed by atoms with E-state index in [-0.39, 0.29) is 11.9 Å². The number of carbonyl (C=O) groups excluding carboxylic acids is 1. The quantitative estimate of drug-likeness (QED) is 0.891. The number of hydrogen-bond acceptors (Lipinski definition) is 5. The average molecular weight is 351 g/mol. The van der Waals surface area contributed by atoms with Gasteiger partial charge in [-0.3, -0.25) is 14.4 Å². The number of rotatable bonds is 5. The molecular weight excluding hydrogens is 329 g/mol. The third-order valence-electron chi connectivity index (χ3n) is 4.46. The van der Waals surface area contributed by atoms with Crippen LogP contribution in [0.5, 0.6) is 0 Å². The number of amides is 1. The lowest BCUT2D eigenvalue weighted by Gasteiger charge is -2.28. The lowest BCUT2D eigenvalue weighted by atomic mass is 10.2. The van der Waals surface area contributed by atoms with E-state index in [1.54, 1.807) is 30.3 Å². The maximum atomic E-state index is 13.9. The minimum Gasteiger partial charge on any atom is -0.383 e. The molecule has 8 heteroatoms. The Morgan fingerprint density at radius 2 is 2.38 bits per heavy atom. The van der Waals surface area contributed by atoms with Crippen molar-refractivity contribution in [2.24, 2.45) is 7.05 Å². The summed E-state index contributed by atoms with van der Waals surface area (Å²) in [7, 11) is 3.42. The maximum absolute atomic E-state index is 13.9. The first kappa shape index (κ1) is 16.9. The van der Waals surface area contributed by atoms with Gasteiger partial charge in [0.15, 0.2) is 0 Å². The van der Waals surface area contributed by atoms with Gasteiger partial charge in [0.05, 0.1) is 6.20 Å². The van der Waals surface area contributed by atoms with Crippen molar-refractivity contribution in [1.29, 1.82) is 0 Å². The zero-order chi connectivity index (χ0) is 17.3. The smallest absolute Gasteiger partial charge is 0.259 e. The summed E-state index contributed by atoms with van der Waals surface area (Å²) >= 11 is 1.67. The van der Waals surface area contributed by atoms with Gasteiger partial charge in [0.1, 0.15) is 17.6 Å². The summed E-state index contributed by atoms with van der Waals surface area (Å²) in [5.41, 5.74) is 6.26. The summed E-state index contributed by atoms with van der Waals surface area (Å²) in [4.78, 5) is 17.5. The fourth-order valence-corrected chi connectivity index (χ4v) is 3.85.